The third-order valence-electron chi connectivity index (χ3n) is 7.08. The molecule has 0 spiro atoms. The molecule has 214 valence electrons. The maximum Gasteiger partial charge on any atom is 0.296 e. The summed E-state index contributed by atoms with van der Waals surface area (Å²) in [6, 6.07) is 22.4. The maximum absolute atomic E-state index is 13.5. The van der Waals surface area contributed by atoms with Crippen molar-refractivity contribution < 1.29 is 38.1 Å². The van der Waals surface area contributed by atoms with Gasteiger partial charge < -0.3 is 33.4 Å². The fourth-order valence-corrected chi connectivity index (χ4v) is 5.12. The number of ether oxygens (including phenoxy) is 4. The normalized spacial score (nSPS) is 17.4. The molecule has 4 aromatic rings. The quantitative estimate of drug-likeness (QED) is 0.157. The summed E-state index contributed by atoms with van der Waals surface area (Å²) in [5, 5.41) is 11.5. The highest BCUT2D eigenvalue weighted by Gasteiger charge is 2.46. The summed E-state index contributed by atoms with van der Waals surface area (Å²) >= 11 is 0. The van der Waals surface area contributed by atoms with E-state index in [2.05, 4.69) is 0 Å². The second-order valence-corrected chi connectivity index (χ2v) is 9.78. The molecule has 0 radical (unpaired) electrons. The van der Waals surface area contributed by atoms with Crippen LogP contribution >= 0.6 is 0 Å². The molecule has 9 nitrogen and oxygen atoms in total. The van der Waals surface area contributed by atoms with Gasteiger partial charge >= 0.3 is 0 Å². The summed E-state index contributed by atoms with van der Waals surface area (Å²) < 4.78 is 28.8. The van der Waals surface area contributed by atoms with Crippen LogP contribution in [0.15, 0.2) is 95.1 Å². The SMILES string of the molecule is CCOc1cc(C2/C(=C(\O)c3ccc4c(c3)OCCO4)C(=O)C(=O)N2Cc2ccco2)ccc1OCc1ccccc1. The maximum atomic E-state index is 13.5. The van der Waals surface area contributed by atoms with Crippen molar-refractivity contribution in [2.75, 3.05) is 19.8 Å². The average Bonchev–Trinajstić information content (AvgIpc) is 3.63. The van der Waals surface area contributed by atoms with Crippen molar-refractivity contribution in [1.82, 2.24) is 4.90 Å². The van der Waals surface area contributed by atoms with Gasteiger partial charge in [0.25, 0.3) is 11.7 Å². The number of nitrogens with zero attached hydrogens (tertiary/aromatic N) is 1. The predicted molar refractivity (Wildman–Crippen MR) is 152 cm³/mol. The molecule has 1 saturated heterocycles. The monoisotopic (exact) mass is 567 g/mol. The van der Waals surface area contributed by atoms with Crippen LogP contribution in [0.4, 0.5) is 0 Å². The Hall–Kier alpha value is -5.18. The van der Waals surface area contributed by atoms with E-state index < -0.39 is 17.7 Å². The fraction of sp³-hybridized carbons (Fsp3) is 0.212. The highest BCUT2D eigenvalue weighted by molar-refractivity contribution is 6.46. The first-order valence-electron chi connectivity index (χ1n) is 13.7. The Morgan fingerprint density at radius 1 is 0.905 bits per heavy atom. The van der Waals surface area contributed by atoms with Crippen LogP contribution in [0.3, 0.4) is 0 Å². The van der Waals surface area contributed by atoms with E-state index in [-0.39, 0.29) is 17.9 Å². The number of hydrogen-bond donors (Lipinski definition) is 1. The second kappa shape index (κ2) is 11.7. The van der Waals surface area contributed by atoms with Crippen molar-refractivity contribution in [2.45, 2.75) is 26.1 Å². The third-order valence-corrected chi connectivity index (χ3v) is 7.08. The van der Waals surface area contributed by atoms with Crippen molar-refractivity contribution in [1.29, 1.82) is 0 Å². The molecule has 0 aliphatic carbocycles. The third kappa shape index (κ3) is 5.28. The van der Waals surface area contributed by atoms with Crippen LogP contribution in [0.25, 0.3) is 5.76 Å². The Kier molecular flexibility index (Phi) is 7.55. The van der Waals surface area contributed by atoms with Crippen LogP contribution in [-0.2, 0) is 22.7 Å². The van der Waals surface area contributed by atoms with E-state index in [1.54, 1.807) is 48.5 Å². The lowest BCUT2D eigenvalue weighted by Crippen LogP contribution is -2.29. The second-order valence-electron chi connectivity index (χ2n) is 9.78. The zero-order chi connectivity index (χ0) is 29.1. The van der Waals surface area contributed by atoms with E-state index in [0.29, 0.717) is 66.3 Å². The van der Waals surface area contributed by atoms with Gasteiger partial charge in [-0.05, 0) is 60.5 Å². The number of carbonyl (C=O) groups is 2. The zero-order valence-corrected chi connectivity index (χ0v) is 22.9. The molecule has 1 atom stereocenters. The molecule has 2 aliphatic rings. The average molecular weight is 568 g/mol. The first kappa shape index (κ1) is 27.0. The minimum Gasteiger partial charge on any atom is -0.507 e. The van der Waals surface area contributed by atoms with Crippen LogP contribution in [-0.4, -0.2) is 41.5 Å². The number of aliphatic hydroxyl groups is 1. The summed E-state index contributed by atoms with van der Waals surface area (Å²) in [5.74, 6) is 0.575. The number of hydrogen-bond acceptors (Lipinski definition) is 8. The number of ketones is 1. The molecule has 1 fully saturated rings. The molecule has 9 heteroatoms. The highest BCUT2D eigenvalue weighted by Crippen LogP contribution is 2.44. The van der Waals surface area contributed by atoms with Crippen LogP contribution < -0.4 is 18.9 Å². The molecule has 42 heavy (non-hydrogen) atoms. The Labute approximate surface area is 242 Å². The van der Waals surface area contributed by atoms with Crippen molar-refractivity contribution in [3.05, 3.63) is 113 Å². The Morgan fingerprint density at radius 2 is 1.71 bits per heavy atom. The molecule has 1 unspecified atom stereocenters. The molecule has 3 heterocycles. The largest absolute Gasteiger partial charge is 0.507 e. The molecule has 1 amide bonds. The standard InChI is InChI=1S/C33H29NO8/c1-2-38-27-17-22(10-12-26(27)42-20-21-7-4-3-5-8-21)30-29(32(36)33(37)34(30)19-24-9-6-14-39-24)31(35)23-11-13-25-28(18-23)41-16-15-40-25/h3-14,17-18,30,35H,2,15-16,19-20H2,1H3/b31-29+. The zero-order valence-electron chi connectivity index (χ0n) is 22.9. The smallest absolute Gasteiger partial charge is 0.296 e. The number of furan rings is 1. The van der Waals surface area contributed by atoms with Crippen LogP contribution in [0.1, 0.15) is 35.4 Å². The molecular weight excluding hydrogens is 538 g/mol. The molecule has 0 bridgehead atoms. The minimum atomic E-state index is -0.925. The van der Waals surface area contributed by atoms with Gasteiger partial charge in [0, 0.05) is 5.56 Å². The highest BCUT2D eigenvalue weighted by atomic mass is 16.6. The summed E-state index contributed by atoms with van der Waals surface area (Å²) in [7, 11) is 0. The van der Waals surface area contributed by atoms with E-state index in [9.17, 15) is 14.7 Å². The lowest BCUT2D eigenvalue weighted by atomic mass is 9.94. The van der Waals surface area contributed by atoms with Gasteiger partial charge in [-0.2, -0.15) is 0 Å². The summed E-state index contributed by atoms with van der Waals surface area (Å²) in [5.41, 5.74) is 1.84. The summed E-state index contributed by atoms with van der Waals surface area (Å²) in [6.45, 7) is 3.37. The van der Waals surface area contributed by atoms with Crippen molar-refractivity contribution in [2.24, 2.45) is 0 Å². The first-order chi connectivity index (χ1) is 20.5. The van der Waals surface area contributed by atoms with Gasteiger partial charge in [0.15, 0.2) is 23.0 Å². The fourth-order valence-electron chi connectivity index (χ4n) is 5.12. The van der Waals surface area contributed by atoms with E-state index >= 15 is 0 Å². The summed E-state index contributed by atoms with van der Waals surface area (Å²) in [4.78, 5) is 28.3. The Balaban J connectivity index is 1.42. The van der Waals surface area contributed by atoms with E-state index in [4.69, 9.17) is 23.4 Å². The number of rotatable bonds is 9. The lowest BCUT2D eigenvalue weighted by molar-refractivity contribution is -0.140. The van der Waals surface area contributed by atoms with Crippen LogP contribution in [0.5, 0.6) is 23.0 Å². The van der Waals surface area contributed by atoms with Crippen LogP contribution in [0, 0.1) is 0 Å². The van der Waals surface area contributed by atoms with Gasteiger partial charge in [0.2, 0.25) is 0 Å². The number of aliphatic hydroxyl groups excluding tert-OH is 1. The molecule has 6 rings (SSSR count). The van der Waals surface area contributed by atoms with Crippen molar-refractivity contribution in [3.8, 4) is 23.0 Å². The Morgan fingerprint density at radius 3 is 2.48 bits per heavy atom. The van der Waals surface area contributed by atoms with Gasteiger partial charge in [-0.25, -0.2) is 0 Å². The molecular formula is C33H29NO8. The van der Waals surface area contributed by atoms with Crippen molar-refractivity contribution >= 4 is 17.4 Å². The van der Waals surface area contributed by atoms with E-state index in [1.165, 1.54) is 11.2 Å². The number of amides is 1. The molecule has 2 aliphatic heterocycles. The predicted octanol–water partition coefficient (Wildman–Crippen LogP) is 5.65. The van der Waals surface area contributed by atoms with Gasteiger partial charge in [0.1, 0.15) is 31.3 Å². The first-order valence-corrected chi connectivity index (χ1v) is 13.7. The summed E-state index contributed by atoms with van der Waals surface area (Å²) in [6.07, 6.45) is 1.50. The number of likely N-dealkylation sites (tertiary alicyclic amines) is 1. The van der Waals surface area contributed by atoms with E-state index in [0.717, 1.165) is 5.56 Å². The van der Waals surface area contributed by atoms with Gasteiger partial charge in [-0.15, -0.1) is 0 Å². The van der Waals surface area contributed by atoms with Crippen LogP contribution in [0.2, 0.25) is 0 Å². The lowest BCUT2D eigenvalue weighted by Gasteiger charge is -2.25. The van der Waals surface area contributed by atoms with Gasteiger partial charge in [-0.3, -0.25) is 9.59 Å². The molecule has 3 aromatic carbocycles. The van der Waals surface area contributed by atoms with Gasteiger partial charge in [0.05, 0.1) is 31.0 Å². The number of carbonyl (C=O) groups excluding carboxylic acids is 2. The van der Waals surface area contributed by atoms with E-state index in [1.807, 2.05) is 37.3 Å². The number of fused-ring (bicyclic) bond motifs is 1. The molecule has 1 aromatic heterocycles. The number of Topliss-reactive ketones (excluding diaryl/α,β-unsaturated/α-hetero) is 1. The number of benzene rings is 3. The Bertz CT molecular complexity index is 1630. The van der Waals surface area contributed by atoms with Gasteiger partial charge in [-0.1, -0.05) is 36.4 Å². The topological polar surface area (TPSA) is 108 Å². The minimum absolute atomic E-state index is 0.0242. The van der Waals surface area contributed by atoms with Crippen molar-refractivity contribution in [3.63, 3.8) is 0 Å². The molecule has 0 saturated carbocycles. The molecule has 1 N–H and O–H groups in total.